The zero-order valence-corrected chi connectivity index (χ0v) is 16.3. The molecule has 0 saturated carbocycles. The Labute approximate surface area is 168 Å². The van der Waals surface area contributed by atoms with Gasteiger partial charge in [0.25, 0.3) is 5.91 Å². The second kappa shape index (κ2) is 9.10. The molecule has 1 aromatic heterocycles. The molecule has 2 aromatic carbocycles. The third-order valence-electron chi connectivity index (χ3n) is 4.05. The van der Waals surface area contributed by atoms with Crippen molar-refractivity contribution in [3.63, 3.8) is 0 Å². The Hall–Kier alpha value is -3.25. The van der Waals surface area contributed by atoms with Gasteiger partial charge in [0.2, 0.25) is 0 Å². The van der Waals surface area contributed by atoms with Crippen molar-refractivity contribution in [2.75, 3.05) is 24.9 Å². The minimum absolute atomic E-state index is 0.260. The summed E-state index contributed by atoms with van der Waals surface area (Å²) in [5, 5.41) is 6.74. The molecule has 0 aliphatic carbocycles. The predicted molar refractivity (Wildman–Crippen MR) is 111 cm³/mol. The molecule has 0 radical (unpaired) electrons. The quantitative estimate of drug-likeness (QED) is 0.608. The van der Waals surface area contributed by atoms with Crippen molar-refractivity contribution in [1.29, 1.82) is 0 Å². The Bertz CT molecular complexity index is 944. The van der Waals surface area contributed by atoms with Gasteiger partial charge in [0.15, 0.2) is 11.5 Å². The van der Waals surface area contributed by atoms with Gasteiger partial charge in [-0.1, -0.05) is 23.7 Å². The zero-order chi connectivity index (χ0) is 19.9. The van der Waals surface area contributed by atoms with Gasteiger partial charge in [-0.15, -0.1) is 0 Å². The number of nitrogens with zero attached hydrogens (tertiary/aromatic N) is 1. The van der Waals surface area contributed by atoms with Gasteiger partial charge in [-0.2, -0.15) is 0 Å². The lowest BCUT2D eigenvalue weighted by Crippen LogP contribution is -2.12. The van der Waals surface area contributed by atoms with E-state index in [0.717, 1.165) is 5.56 Å². The van der Waals surface area contributed by atoms with Crippen molar-refractivity contribution >= 4 is 29.0 Å². The number of halogens is 1. The van der Waals surface area contributed by atoms with Crippen LogP contribution in [0.3, 0.4) is 0 Å². The number of ether oxygens (including phenoxy) is 2. The van der Waals surface area contributed by atoms with Crippen LogP contribution in [-0.2, 0) is 6.54 Å². The Kier molecular flexibility index (Phi) is 6.34. The molecular formula is C21H20ClN3O3. The highest BCUT2D eigenvalue weighted by atomic mass is 35.5. The van der Waals surface area contributed by atoms with Gasteiger partial charge in [0.1, 0.15) is 5.82 Å². The van der Waals surface area contributed by atoms with Crippen LogP contribution in [0.25, 0.3) is 0 Å². The van der Waals surface area contributed by atoms with E-state index in [1.807, 2.05) is 24.3 Å². The summed E-state index contributed by atoms with van der Waals surface area (Å²) in [6, 6.07) is 16.2. The van der Waals surface area contributed by atoms with Crippen molar-refractivity contribution in [1.82, 2.24) is 4.98 Å². The molecule has 1 heterocycles. The normalized spacial score (nSPS) is 10.2. The highest BCUT2D eigenvalue weighted by molar-refractivity contribution is 6.30. The average molecular weight is 398 g/mol. The van der Waals surface area contributed by atoms with Crippen LogP contribution in [0.5, 0.6) is 11.5 Å². The largest absolute Gasteiger partial charge is 0.493 e. The second-order valence-electron chi connectivity index (χ2n) is 5.94. The number of anilines is 2. The van der Waals surface area contributed by atoms with Crippen molar-refractivity contribution in [3.05, 3.63) is 76.9 Å². The Balaban J connectivity index is 1.60. The first-order valence-corrected chi connectivity index (χ1v) is 8.94. The van der Waals surface area contributed by atoms with Crippen LogP contribution >= 0.6 is 11.6 Å². The Morgan fingerprint density at radius 1 is 1.00 bits per heavy atom. The summed E-state index contributed by atoms with van der Waals surface area (Å²) in [4.78, 5) is 16.8. The first-order valence-electron chi connectivity index (χ1n) is 8.57. The van der Waals surface area contributed by atoms with E-state index in [1.54, 1.807) is 43.6 Å². The van der Waals surface area contributed by atoms with Crippen LogP contribution < -0.4 is 20.1 Å². The molecule has 0 bridgehead atoms. The molecule has 144 valence electrons. The lowest BCUT2D eigenvalue weighted by atomic mass is 10.2. The van der Waals surface area contributed by atoms with Crippen molar-refractivity contribution in [3.8, 4) is 11.5 Å². The second-order valence-corrected chi connectivity index (χ2v) is 6.37. The van der Waals surface area contributed by atoms with Crippen molar-refractivity contribution in [2.24, 2.45) is 0 Å². The summed E-state index contributed by atoms with van der Waals surface area (Å²) in [5.41, 5.74) is 2.15. The summed E-state index contributed by atoms with van der Waals surface area (Å²) in [5.74, 6) is 1.51. The van der Waals surface area contributed by atoms with Gasteiger partial charge in [0.05, 0.1) is 26.1 Å². The van der Waals surface area contributed by atoms with Crippen molar-refractivity contribution in [2.45, 2.75) is 6.54 Å². The summed E-state index contributed by atoms with van der Waals surface area (Å²) < 4.78 is 10.4. The van der Waals surface area contributed by atoms with Gasteiger partial charge < -0.3 is 20.1 Å². The number of hydrogen-bond donors (Lipinski definition) is 2. The monoisotopic (exact) mass is 397 g/mol. The minimum Gasteiger partial charge on any atom is -0.493 e. The van der Waals surface area contributed by atoms with E-state index in [1.165, 1.54) is 7.11 Å². The van der Waals surface area contributed by atoms with E-state index in [9.17, 15) is 4.79 Å². The van der Waals surface area contributed by atoms with Crippen LogP contribution in [-0.4, -0.2) is 25.1 Å². The summed E-state index contributed by atoms with van der Waals surface area (Å²) in [6.45, 7) is 0.627. The Morgan fingerprint density at radius 2 is 1.75 bits per heavy atom. The number of rotatable bonds is 7. The molecular weight excluding hydrogens is 378 g/mol. The summed E-state index contributed by atoms with van der Waals surface area (Å²) >= 11 is 5.88. The maximum atomic E-state index is 12.4. The fourth-order valence-electron chi connectivity index (χ4n) is 2.55. The molecule has 0 atom stereocenters. The van der Waals surface area contributed by atoms with Gasteiger partial charge in [0, 0.05) is 17.1 Å². The fourth-order valence-corrected chi connectivity index (χ4v) is 2.67. The van der Waals surface area contributed by atoms with Crippen LogP contribution in [0.4, 0.5) is 11.5 Å². The Morgan fingerprint density at radius 3 is 2.39 bits per heavy atom. The predicted octanol–water partition coefficient (Wildman–Crippen LogP) is 4.62. The number of benzene rings is 2. The highest BCUT2D eigenvalue weighted by Crippen LogP contribution is 2.27. The number of hydrogen-bond acceptors (Lipinski definition) is 5. The third-order valence-corrected chi connectivity index (χ3v) is 4.31. The van der Waals surface area contributed by atoms with Gasteiger partial charge >= 0.3 is 0 Å². The maximum absolute atomic E-state index is 12.4. The standard InChI is InChI=1S/C21H20ClN3O3/c1-27-18-9-5-15(11-19(18)28-2)21(26)25-17-8-10-20(24-13-17)23-12-14-3-6-16(22)7-4-14/h3-11,13H,12H2,1-2H3,(H,23,24)(H,25,26). The average Bonchev–Trinajstić information content (AvgIpc) is 2.73. The van der Waals surface area contributed by atoms with E-state index in [0.29, 0.717) is 40.1 Å². The molecule has 0 fully saturated rings. The number of pyridine rings is 1. The van der Waals surface area contributed by atoms with Crippen LogP contribution in [0.1, 0.15) is 15.9 Å². The smallest absolute Gasteiger partial charge is 0.255 e. The molecule has 2 N–H and O–H groups in total. The zero-order valence-electron chi connectivity index (χ0n) is 15.5. The number of nitrogens with one attached hydrogen (secondary N) is 2. The fraction of sp³-hybridized carbons (Fsp3) is 0.143. The SMILES string of the molecule is COc1ccc(C(=O)Nc2ccc(NCc3ccc(Cl)cc3)nc2)cc1OC. The van der Waals surface area contributed by atoms with Crippen LogP contribution in [0, 0.1) is 0 Å². The number of methoxy groups -OCH3 is 2. The van der Waals surface area contributed by atoms with E-state index in [4.69, 9.17) is 21.1 Å². The van der Waals surface area contributed by atoms with Crippen molar-refractivity contribution < 1.29 is 14.3 Å². The highest BCUT2D eigenvalue weighted by Gasteiger charge is 2.11. The molecule has 7 heteroatoms. The van der Waals surface area contributed by atoms with E-state index < -0.39 is 0 Å². The van der Waals surface area contributed by atoms with Crippen LogP contribution in [0.15, 0.2) is 60.8 Å². The molecule has 0 aliphatic rings. The van der Waals surface area contributed by atoms with E-state index in [-0.39, 0.29) is 5.91 Å². The molecule has 0 unspecified atom stereocenters. The number of carbonyl (C=O) groups excluding carboxylic acids is 1. The molecule has 6 nitrogen and oxygen atoms in total. The first-order chi connectivity index (χ1) is 13.6. The van der Waals surface area contributed by atoms with Gasteiger partial charge in [-0.3, -0.25) is 4.79 Å². The van der Waals surface area contributed by atoms with Crippen LogP contribution in [0.2, 0.25) is 5.02 Å². The van der Waals surface area contributed by atoms with E-state index in [2.05, 4.69) is 15.6 Å². The van der Waals surface area contributed by atoms with Gasteiger partial charge in [-0.05, 0) is 48.0 Å². The lowest BCUT2D eigenvalue weighted by molar-refractivity contribution is 0.102. The number of carbonyl (C=O) groups is 1. The topological polar surface area (TPSA) is 72.5 Å². The molecule has 28 heavy (non-hydrogen) atoms. The molecule has 3 rings (SSSR count). The molecule has 0 saturated heterocycles. The summed E-state index contributed by atoms with van der Waals surface area (Å²) in [7, 11) is 3.07. The first kappa shape index (κ1) is 19.5. The number of amides is 1. The lowest BCUT2D eigenvalue weighted by Gasteiger charge is -2.10. The maximum Gasteiger partial charge on any atom is 0.255 e. The minimum atomic E-state index is -0.260. The number of aromatic nitrogens is 1. The molecule has 3 aromatic rings. The molecule has 0 aliphatic heterocycles. The third kappa shape index (κ3) is 4.92. The van der Waals surface area contributed by atoms with Gasteiger partial charge in [-0.25, -0.2) is 4.98 Å². The van der Waals surface area contributed by atoms with E-state index >= 15 is 0 Å². The molecule has 0 spiro atoms. The summed E-state index contributed by atoms with van der Waals surface area (Å²) in [6.07, 6.45) is 1.60. The molecule has 1 amide bonds.